The van der Waals surface area contributed by atoms with E-state index in [2.05, 4.69) is 35.6 Å². The number of nitrogens with zero attached hydrogens (tertiary/aromatic N) is 6. The largest absolute Gasteiger partial charge is 0.319 e. The van der Waals surface area contributed by atoms with Gasteiger partial charge in [0.1, 0.15) is 11.4 Å². The molecule has 0 saturated heterocycles. The van der Waals surface area contributed by atoms with Gasteiger partial charge in [0.15, 0.2) is 5.65 Å². The molecule has 0 bridgehead atoms. The summed E-state index contributed by atoms with van der Waals surface area (Å²) >= 11 is 0. The number of H-pyrrole nitrogens is 1. The van der Waals surface area contributed by atoms with Crippen molar-refractivity contribution in [3.63, 3.8) is 0 Å². The lowest BCUT2D eigenvalue weighted by molar-refractivity contribution is 0.942. The zero-order chi connectivity index (χ0) is 18.2. The quantitative estimate of drug-likeness (QED) is 0.509. The van der Waals surface area contributed by atoms with Crippen LogP contribution in [0.2, 0.25) is 0 Å². The summed E-state index contributed by atoms with van der Waals surface area (Å²) < 4.78 is 1.57. The molecule has 9 nitrogen and oxygen atoms in total. The summed E-state index contributed by atoms with van der Waals surface area (Å²) in [5.74, 6) is 0.819. The van der Waals surface area contributed by atoms with Gasteiger partial charge in [0.05, 0.1) is 5.52 Å². The lowest BCUT2D eigenvalue weighted by atomic mass is 10.2. The number of aromatic amines is 1. The highest BCUT2D eigenvalue weighted by Crippen LogP contribution is 2.24. The Morgan fingerprint density at radius 3 is 2.78 bits per heavy atom. The number of benzene rings is 1. The molecule has 4 aromatic heterocycles. The van der Waals surface area contributed by atoms with E-state index >= 15 is 0 Å². The number of rotatable bonds is 3. The summed E-state index contributed by atoms with van der Waals surface area (Å²) in [6, 6.07) is 14.4. The third kappa shape index (κ3) is 2.58. The topological polar surface area (TPSA) is 114 Å². The van der Waals surface area contributed by atoms with Crippen LogP contribution >= 0.6 is 0 Å². The van der Waals surface area contributed by atoms with Gasteiger partial charge in [0.25, 0.3) is 5.56 Å². The third-order valence-electron chi connectivity index (χ3n) is 4.04. The van der Waals surface area contributed by atoms with Crippen LogP contribution in [0.5, 0.6) is 0 Å². The Labute approximate surface area is 151 Å². The molecule has 0 fully saturated rings. The predicted molar refractivity (Wildman–Crippen MR) is 99.7 cm³/mol. The Balaban J connectivity index is 1.77. The van der Waals surface area contributed by atoms with Crippen LogP contribution in [-0.4, -0.2) is 34.8 Å². The van der Waals surface area contributed by atoms with Gasteiger partial charge in [-0.15, -0.1) is 5.10 Å². The maximum atomic E-state index is 12.2. The Morgan fingerprint density at radius 1 is 1.00 bits per heavy atom. The van der Waals surface area contributed by atoms with Crippen LogP contribution in [0.15, 0.2) is 65.7 Å². The molecule has 0 amide bonds. The molecule has 2 N–H and O–H groups in total. The van der Waals surface area contributed by atoms with Gasteiger partial charge >= 0.3 is 0 Å². The SMILES string of the molecule is O=c1nccccc1Nc1nc2ccccc2c2nc(-c3cc[nH]n3)nn12. The van der Waals surface area contributed by atoms with Crippen molar-refractivity contribution in [2.24, 2.45) is 0 Å². The molecule has 5 aromatic rings. The summed E-state index contributed by atoms with van der Waals surface area (Å²) in [7, 11) is 0. The Morgan fingerprint density at radius 2 is 1.89 bits per heavy atom. The van der Waals surface area contributed by atoms with Crippen LogP contribution in [0.4, 0.5) is 11.6 Å². The van der Waals surface area contributed by atoms with Crippen LogP contribution in [-0.2, 0) is 0 Å². The smallest absolute Gasteiger partial charge is 0.293 e. The molecule has 0 saturated carbocycles. The highest BCUT2D eigenvalue weighted by atomic mass is 16.1. The first kappa shape index (κ1) is 15.1. The molecule has 0 unspecified atom stereocenters. The molecule has 5 rings (SSSR count). The average molecular weight is 356 g/mol. The van der Waals surface area contributed by atoms with Crippen molar-refractivity contribution in [1.82, 2.24) is 34.8 Å². The minimum atomic E-state index is -0.393. The number of hydrogen-bond acceptors (Lipinski definition) is 7. The Hall–Kier alpha value is -4.14. The molecule has 130 valence electrons. The van der Waals surface area contributed by atoms with Gasteiger partial charge < -0.3 is 5.32 Å². The normalized spacial score (nSPS) is 11.1. The van der Waals surface area contributed by atoms with Crippen molar-refractivity contribution < 1.29 is 0 Å². The predicted octanol–water partition coefficient (Wildman–Crippen LogP) is 2.17. The van der Waals surface area contributed by atoms with Crippen LogP contribution < -0.4 is 10.9 Å². The van der Waals surface area contributed by atoms with Crippen molar-refractivity contribution in [1.29, 1.82) is 0 Å². The molecule has 0 aliphatic heterocycles. The van der Waals surface area contributed by atoms with Gasteiger partial charge in [-0.25, -0.2) is 15.0 Å². The lowest BCUT2D eigenvalue weighted by Crippen LogP contribution is -2.11. The van der Waals surface area contributed by atoms with E-state index < -0.39 is 5.56 Å². The zero-order valence-corrected chi connectivity index (χ0v) is 13.9. The van der Waals surface area contributed by atoms with Gasteiger partial charge in [-0.2, -0.15) is 9.61 Å². The molecular weight excluding hydrogens is 344 g/mol. The molecule has 9 heteroatoms. The molecule has 27 heavy (non-hydrogen) atoms. The molecule has 1 aromatic carbocycles. The summed E-state index contributed by atoms with van der Waals surface area (Å²) in [6.07, 6.45) is 3.15. The second-order valence-corrected chi connectivity index (χ2v) is 5.76. The number of nitrogens with one attached hydrogen (secondary N) is 2. The minimum Gasteiger partial charge on any atom is -0.319 e. The van der Waals surface area contributed by atoms with E-state index in [0.29, 0.717) is 28.8 Å². The van der Waals surface area contributed by atoms with Crippen molar-refractivity contribution >= 4 is 28.2 Å². The number of fused-ring (bicyclic) bond motifs is 3. The van der Waals surface area contributed by atoms with Crippen LogP contribution in [0.1, 0.15) is 0 Å². The number of para-hydroxylation sites is 1. The highest BCUT2D eigenvalue weighted by Gasteiger charge is 2.16. The third-order valence-corrected chi connectivity index (χ3v) is 4.04. The van der Waals surface area contributed by atoms with Gasteiger partial charge in [0, 0.05) is 17.8 Å². The van der Waals surface area contributed by atoms with Gasteiger partial charge in [-0.3, -0.25) is 9.89 Å². The van der Waals surface area contributed by atoms with Crippen molar-refractivity contribution in [2.75, 3.05) is 5.32 Å². The van der Waals surface area contributed by atoms with Crippen molar-refractivity contribution in [3.8, 4) is 11.5 Å². The molecular formula is C18H12N8O. The van der Waals surface area contributed by atoms with E-state index in [1.54, 1.807) is 35.0 Å². The molecule has 0 spiro atoms. The zero-order valence-electron chi connectivity index (χ0n) is 13.9. The fourth-order valence-electron chi connectivity index (χ4n) is 2.80. The van der Waals surface area contributed by atoms with E-state index in [-0.39, 0.29) is 0 Å². The number of aromatic nitrogens is 7. The Bertz CT molecular complexity index is 1330. The van der Waals surface area contributed by atoms with Crippen LogP contribution in [0, 0.1) is 0 Å². The molecule has 0 aliphatic rings. The van der Waals surface area contributed by atoms with E-state index in [0.717, 1.165) is 10.9 Å². The number of hydrogen-bond donors (Lipinski definition) is 2. The minimum absolute atomic E-state index is 0.293. The van der Waals surface area contributed by atoms with E-state index in [9.17, 15) is 4.79 Å². The summed E-state index contributed by atoms with van der Waals surface area (Å²) in [5, 5.41) is 15.3. The monoisotopic (exact) mass is 356 g/mol. The average Bonchev–Trinajstić information content (AvgIpc) is 3.32. The first-order chi connectivity index (χ1) is 13.3. The highest BCUT2D eigenvalue weighted by molar-refractivity contribution is 5.93. The fraction of sp³-hybridized carbons (Fsp3) is 0. The molecule has 0 atom stereocenters. The maximum absolute atomic E-state index is 12.2. The van der Waals surface area contributed by atoms with Crippen molar-refractivity contribution in [2.45, 2.75) is 0 Å². The molecule has 0 radical (unpaired) electrons. The summed E-state index contributed by atoms with van der Waals surface area (Å²) in [6.45, 7) is 0. The standard InChI is InChI=1S/C18H12N8O/c27-17-14(7-3-4-9-19-17)22-18-21-12-6-2-1-5-11(12)16-23-15(25-26(16)18)13-8-10-20-24-13/h1-10H,(H,20,24)(H,19,21,22,27). The maximum Gasteiger partial charge on any atom is 0.293 e. The van der Waals surface area contributed by atoms with Crippen LogP contribution in [0.3, 0.4) is 0 Å². The van der Waals surface area contributed by atoms with Crippen LogP contribution in [0.25, 0.3) is 28.1 Å². The van der Waals surface area contributed by atoms with Gasteiger partial charge in [0.2, 0.25) is 11.8 Å². The van der Waals surface area contributed by atoms with Crippen molar-refractivity contribution in [3.05, 3.63) is 71.3 Å². The first-order valence-corrected chi connectivity index (χ1v) is 8.18. The molecule has 4 heterocycles. The second kappa shape index (κ2) is 5.99. The van der Waals surface area contributed by atoms with E-state index in [4.69, 9.17) is 0 Å². The Kier molecular flexibility index (Phi) is 3.36. The molecule has 0 aliphatic carbocycles. The number of anilines is 2. The van der Waals surface area contributed by atoms with Gasteiger partial charge in [-0.05, 0) is 30.3 Å². The fourth-order valence-corrected chi connectivity index (χ4v) is 2.80. The van der Waals surface area contributed by atoms with E-state index in [1.807, 2.05) is 24.3 Å². The second-order valence-electron chi connectivity index (χ2n) is 5.76. The summed E-state index contributed by atoms with van der Waals surface area (Å²) in [4.78, 5) is 25.2. The van der Waals surface area contributed by atoms with Gasteiger partial charge in [-0.1, -0.05) is 18.2 Å². The first-order valence-electron chi connectivity index (χ1n) is 8.18. The lowest BCUT2D eigenvalue weighted by Gasteiger charge is -2.07. The van der Waals surface area contributed by atoms with E-state index in [1.165, 1.54) is 6.20 Å². The summed E-state index contributed by atoms with van der Waals surface area (Å²) in [5.41, 5.74) is 1.86.